The highest BCUT2D eigenvalue weighted by atomic mass is 35.5. The molecule has 16 heavy (non-hydrogen) atoms. The number of benzene rings is 1. The number of hydrogen-bond acceptors (Lipinski definition) is 3. The van der Waals surface area contributed by atoms with E-state index in [2.05, 4.69) is 16.6 Å². The summed E-state index contributed by atoms with van der Waals surface area (Å²) < 4.78 is 4.61. The molecule has 0 aliphatic carbocycles. The largest absolute Gasteiger partial charge is 0.465 e. The monoisotopic (exact) mass is 237 g/mol. The second-order valence-electron chi connectivity index (χ2n) is 3.03. The van der Waals surface area contributed by atoms with Gasteiger partial charge in [0.05, 0.1) is 17.7 Å². The Morgan fingerprint density at radius 1 is 1.56 bits per heavy atom. The fourth-order valence-corrected chi connectivity index (χ4v) is 1.30. The molecule has 0 aliphatic heterocycles. The Labute approximate surface area is 99.5 Å². The van der Waals surface area contributed by atoms with Crippen LogP contribution >= 0.6 is 11.6 Å². The number of rotatable bonds is 2. The SMILES string of the molecule is COC(=O)c1cc(C#CCCN)ccc1Cl. The second-order valence-corrected chi connectivity index (χ2v) is 3.43. The summed E-state index contributed by atoms with van der Waals surface area (Å²) >= 11 is 5.86. The van der Waals surface area contributed by atoms with Gasteiger partial charge in [-0.25, -0.2) is 4.79 Å². The molecule has 0 heterocycles. The topological polar surface area (TPSA) is 52.3 Å². The van der Waals surface area contributed by atoms with Crippen LogP contribution in [-0.2, 0) is 4.74 Å². The summed E-state index contributed by atoms with van der Waals surface area (Å²) in [5.74, 6) is 5.32. The van der Waals surface area contributed by atoms with E-state index in [1.165, 1.54) is 7.11 Å². The first kappa shape index (κ1) is 12.6. The van der Waals surface area contributed by atoms with Crippen molar-refractivity contribution in [2.75, 3.05) is 13.7 Å². The molecule has 0 spiro atoms. The molecule has 4 heteroatoms. The normalized spacial score (nSPS) is 9.19. The third-order valence-electron chi connectivity index (χ3n) is 1.87. The van der Waals surface area contributed by atoms with Gasteiger partial charge in [-0.05, 0) is 18.2 Å². The molecule has 2 N–H and O–H groups in total. The van der Waals surface area contributed by atoms with Crippen molar-refractivity contribution in [2.24, 2.45) is 5.73 Å². The van der Waals surface area contributed by atoms with Crippen LogP contribution in [0.15, 0.2) is 18.2 Å². The van der Waals surface area contributed by atoms with Crippen LogP contribution in [0.1, 0.15) is 22.3 Å². The lowest BCUT2D eigenvalue weighted by molar-refractivity contribution is 0.0601. The molecular weight excluding hydrogens is 226 g/mol. The summed E-state index contributed by atoms with van der Waals surface area (Å²) in [7, 11) is 1.31. The third kappa shape index (κ3) is 3.27. The zero-order chi connectivity index (χ0) is 12.0. The lowest BCUT2D eigenvalue weighted by atomic mass is 10.1. The van der Waals surface area contributed by atoms with E-state index in [4.69, 9.17) is 17.3 Å². The van der Waals surface area contributed by atoms with Gasteiger partial charge in [0, 0.05) is 18.5 Å². The smallest absolute Gasteiger partial charge is 0.339 e. The van der Waals surface area contributed by atoms with E-state index < -0.39 is 5.97 Å². The van der Waals surface area contributed by atoms with E-state index in [0.717, 1.165) is 5.56 Å². The first-order valence-electron chi connectivity index (χ1n) is 4.76. The van der Waals surface area contributed by atoms with Crippen molar-refractivity contribution in [2.45, 2.75) is 6.42 Å². The number of methoxy groups -OCH3 is 1. The standard InChI is InChI=1S/C12H12ClNO2/c1-16-12(15)10-8-9(4-2-3-7-14)5-6-11(10)13/h5-6,8H,3,7,14H2,1H3. The van der Waals surface area contributed by atoms with Crippen LogP contribution in [0.25, 0.3) is 0 Å². The minimum atomic E-state index is -0.465. The minimum Gasteiger partial charge on any atom is -0.465 e. The molecule has 0 radical (unpaired) electrons. The van der Waals surface area contributed by atoms with Crippen LogP contribution < -0.4 is 5.73 Å². The molecular formula is C12H12ClNO2. The average Bonchev–Trinajstić information content (AvgIpc) is 2.30. The molecule has 0 fully saturated rings. The Hall–Kier alpha value is -1.50. The van der Waals surface area contributed by atoms with E-state index in [-0.39, 0.29) is 0 Å². The maximum Gasteiger partial charge on any atom is 0.339 e. The number of nitrogens with two attached hydrogens (primary N) is 1. The molecule has 0 saturated heterocycles. The van der Waals surface area contributed by atoms with Crippen LogP contribution in [-0.4, -0.2) is 19.6 Å². The van der Waals surface area contributed by atoms with Gasteiger partial charge in [-0.15, -0.1) is 0 Å². The maximum atomic E-state index is 11.3. The zero-order valence-corrected chi connectivity index (χ0v) is 9.67. The number of halogens is 1. The molecule has 0 aromatic heterocycles. The van der Waals surface area contributed by atoms with E-state index in [9.17, 15) is 4.79 Å². The Kier molecular flexibility index (Phi) is 4.84. The number of carbonyl (C=O) groups excluding carboxylic acids is 1. The summed E-state index contributed by atoms with van der Waals surface area (Å²) in [4.78, 5) is 11.3. The fourth-order valence-electron chi connectivity index (χ4n) is 1.11. The molecule has 0 amide bonds. The summed E-state index contributed by atoms with van der Waals surface area (Å²) in [5.41, 5.74) is 6.36. The van der Waals surface area contributed by atoms with Gasteiger partial charge in [0.1, 0.15) is 0 Å². The predicted molar refractivity (Wildman–Crippen MR) is 63.3 cm³/mol. The number of hydrogen-bond donors (Lipinski definition) is 1. The lowest BCUT2D eigenvalue weighted by Gasteiger charge is -2.02. The molecule has 0 aliphatic rings. The van der Waals surface area contributed by atoms with Crippen molar-refractivity contribution in [3.8, 4) is 11.8 Å². The van der Waals surface area contributed by atoms with E-state index in [0.29, 0.717) is 23.6 Å². The molecule has 3 nitrogen and oxygen atoms in total. The van der Waals surface area contributed by atoms with Gasteiger partial charge in [0.25, 0.3) is 0 Å². The Morgan fingerprint density at radius 2 is 2.31 bits per heavy atom. The average molecular weight is 238 g/mol. The molecule has 0 bridgehead atoms. The second kappa shape index (κ2) is 6.16. The maximum absolute atomic E-state index is 11.3. The number of esters is 1. The van der Waals surface area contributed by atoms with Crippen molar-refractivity contribution in [3.05, 3.63) is 34.3 Å². The van der Waals surface area contributed by atoms with Gasteiger partial charge >= 0.3 is 5.97 Å². The summed E-state index contributed by atoms with van der Waals surface area (Å²) in [6.45, 7) is 0.518. The molecule has 1 aromatic rings. The van der Waals surface area contributed by atoms with Crippen molar-refractivity contribution in [1.29, 1.82) is 0 Å². The number of carbonyl (C=O) groups is 1. The predicted octanol–water partition coefficient (Wildman–Crippen LogP) is 1.83. The molecule has 1 aromatic carbocycles. The lowest BCUT2D eigenvalue weighted by Crippen LogP contribution is -2.02. The third-order valence-corrected chi connectivity index (χ3v) is 2.20. The zero-order valence-electron chi connectivity index (χ0n) is 8.92. The molecule has 0 saturated carbocycles. The van der Waals surface area contributed by atoms with E-state index in [1.807, 2.05) is 0 Å². The van der Waals surface area contributed by atoms with Crippen LogP contribution in [0.5, 0.6) is 0 Å². The summed E-state index contributed by atoms with van der Waals surface area (Å²) in [6, 6.07) is 4.98. The van der Waals surface area contributed by atoms with Crippen molar-refractivity contribution >= 4 is 17.6 Å². The molecule has 0 atom stereocenters. The summed E-state index contributed by atoms with van der Waals surface area (Å²) in [6.07, 6.45) is 0.621. The molecule has 1 rings (SSSR count). The van der Waals surface area contributed by atoms with Gasteiger partial charge < -0.3 is 10.5 Å². The minimum absolute atomic E-state index is 0.323. The Bertz CT molecular complexity index is 446. The fraction of sp³-hybridized carbons (Fsp3) is 0.250. The highest BCUT2D eigenvalue weighted by Crippen LogP contribution is 2.18. The molecule has 0 unspecified atom stereocenters. The van der Waals surface area contributed by atoms with Crippen LogP contribution in [0, 0.1) is 11.8 Å². The van der Waals surface area contributed by atoms with Crippen LogP contribution in [0.3, 0.4) is 0 Å². The summed E-state index contributed by atoms with van der Waals surface area (Å²) in [5, 5.41) is 0.358. The van der Waals surface area contributed by atoms with Crippen molar-refractivity contribution in [3.63, 3.8) is 0 Å². The van der Waals surface area contributed by atoms with E-state index >= 15 is 0 Å². The van der Waals surface area contributed by atoms with Gasteiger partial charge in [-0.2, -0.15) is 0 Å². The van der Waals surface area contributed by atoms with Gasteiger partial charge in [0.2, 0.25) is 0 Å². The highest BCUT2D eigenvalue weighted by Gasteiger charge is 2.10. The Morgan fingerprint density at radius 3 is 2.94 bits per heavy atom. The first-order chi connectivity index (χ1) is 7.69. The molecule has 84 valence electrons. The Balaban J connectivity index is 2.99. The van der Waals surface area contributed by atoms with E-state index in [1.54, 1.807) is 18.2 Å². The van der Waals surface area contributed by atoms with Crippen molar-refractivity contribution in [1.82, 2.24) is 0 Å². The quantitative estimate of drug-likeness (QED) is 0.631. The first-order valence-corrected chi connectivity index (χ1v) is 5.13. The highest BCUT2D eigenvalue weighted by molar-refractivity contribution is 6.33. The van der Waals surface area contributed by atoms with Gasteiger partial charge in [0.15, 0.2) is 0 Å². The number of ether oxygens (including phenoxy) is 1. The van der Waals surface area contributed by atoms with Crippen LogP contribution in [0.4, 0.5) is 0 Å². The van der Waals surface area contributed by atoms with Crippen molar-refractivity contribution < 1.29 is 9.53 Å². The van der Waals surface area contributed by atoms with Gasteiger partial charge in [-0.3, -0.25) is 0 Å². The van der Waals surface area contributed by atoms with Crippen LogP contribution in [0.2, 0.25) is 5.02 Å². The van der Waals surface area contributed by atoms with Gasteiger partial charge in [-0.1, -0.05) is 23.4 Å².